The summed E-state index contributed by atoms with van der Waals surface area (Å²) >= 11 is 0. The zero-order chi connectivity index (χ0) is 13.1. The molecule has 0 aromatic rings. The Labute approximate surface area is 104 Å². The first-order chi connectivity index (χ1) is 8.11. The highest BCUT2D eigenvalue weighted by atomic mass is 31.2. The van der Waals surface area contributed by atoms with Gasteiger partial charge in [0.15, 0.2) is 0 Å². The van der Waals surface area contributed by atoms with Gasteiger partial charge in [0, 0.05) is 6.54 Å². The van der Waals surface area contributed by atoms with Crippen LogP contribution in [0.3, 0.4) is 0 Å². The van der Waals surface area contributed by atoms with Crippen LogP contribution in [0.5, 0.6) is 0 Å². The van der Waals surface area contributed by atoms with Crippen LogP contribution in [0.15, 0.2) is 12.3 Å². The zero-order valence-corrected chi connectivity index (χ0v) is 12.1. The highest BCUT2D eigenvalue weighted by Gasteiger charge is 2.24. The van der Waals surface area contributed by atoms with Crippen molar-refractivity contribution in [3.8, 4) is 0 Å². The third kappa shape index (κ3) is 7.55. The first-order valence-corrected chi connectivity index (χ1v) is 7.52. The first-order valence-electron chi connectivity index (χ1n) is 6.06. The van der Waals surface area contributed by atoms with Gasteiger partial charge < -0.3 is 9.42 Å². The lowest BCUT2D eigenvalue weighted by atomic mass is 10.5. The van der Waals surface area contributed by atoms with Crippen molar-refractivity contribution >= 4 is 7.82 Å². The maximum atomic E-state index is 11.9. The molecule has 0 aliphatic heterocycles. The normalized spacial score (nSPS) is 12.5. The summed E-state index contributed by atoms with van der Waals surface area (Å²) in [6.45, 7) is 10.9. The Hall–Kier alpha value is -0.350. The summed E-state index contributed by atoms with van der Waals surface area (Å²) in [5.74, 6) is 0. The van der Waals surface area contributed by atoms with E-state index in [1.165, 1.54) is 6.26 Å². The minimum atomic E-state index is -3.40. The number of hydrogen-bond acceptors (Lipinski definition) is 5. The summed E-state index contributed by atoms with van der Waals surface area (Å²) in [5.41, 5.74) is 0. The van der Waals surface area contributed by atoms with Gasteiger partial charge in [-0.2, -0.15) is 0 Å². The van der Waals surface area contributed by atoms with Gasteiger partial charge in [-0.3, -0.25) is 9.05 Å². The number of likely N-dealkylation sites (N-methyl/N-ethyl adjacent to an activating group) is 1. The predicted molar refractivity (Wildman–Crippen MR) is 68.9 cm³/mol. The lowest BCUT2D eigenvalue weighted by molar-refractivity contribution is 0.153. The second kappa shape index (κ2) is 9.66. The van der Waals surface area contributed by atoms with Gasteiger partial charge in [0.05, 0.1) is 19.5 Å². The SMILES string of the molecule is CCOP(=O)(OC=CCN(CC)CC)OCC. The zero-order valence-electron chi connectivity index (χ0n) is 11.2. The van der Waals surface area contributed by atoms with Crippen molar-refractivity contribution in [3.63, 3.8) is 0 Å². The lowest BCUT2D eigenvalue weighted by Gasteiger charge is -2.16. The Morgan fingerprint density at radius 1 is 1.06 bits per heavy atom. The molecule has 0 spiro atoms. The Balaban J connectivity index is 4.12. The Morgan fingerprint density at radius 2 is 1.59 bits per heavy atom. The topological polar surface area (TPSA) is 48.0 Å². The molecule has 0 aliphatic carbocycles. The highest BCUT2D eigenvalue weighted by molar-refractivity contribution is 7.48. The molecule has 0 bridgehead atoms. The van der Waals surface area contributed by atoms with E-state index < -0.39 is 7.82 Å². The molecule has 0 atom stereocenters. The monoisotopic (exact) mass is 265 g/mol. The minimum Gasteiger partial charge on any atom is -0.412 e. The van der Waals surface area contributed by atoms with E-state index in [0.717, 1.165) is 19.6 Å². The average Bonchev–Trinajstić information content (AvgIpc) is 2.30. The maximum Gasteiger partial charge on any atom is 0.529 e. The van der Waals surface area contributed by atoms with Gasteiger partial charge >= 0.3 is 7.82 Å². The van der Waals surface area contributed by atoms with E-state index in [-0.39, 0.29) is 0 Å². The third-order valence-electron chi connectivity index (χ3n) is 2.12. The van der Waals surface area contributed by atoms with Crippen molar-refractivity contribution in [2.24, 2.45) is 0 Å². The molecule has 102 valence electrons. The Morgan fingerprint density at radius 3 is 2.00 bits per heavy atom. The van der Waals surface area contributed by atoms with Gasteiger partial charge in [-0.15, -0.1) is 0 Å². The number of rotatable bonds is 10. The van der Waals surface area contributed by atoms with Crippen LogP contribution >= 0.6 is 7.82 Å². The van der Waals surface area contributed by atoms with E-state index in [1.54, 1.807) is 19.9 Å². The van der Waals surface area contributed by atoms with E-state index >= 15 is 0 Å². The van der Waals surface area contributed by atoms with Crippen LogP contribution in [0, 0.1) is 0 Å². The maximum absolute atomic E-state index is 11.9. The summed E-state index contributed by atoms with van der Waals surface area (Å²) in [7, 11) is -3.40. The standard InChI is InChI=1S/C11H24NO4P/c1-5-12(6-2)10-9-11-16-17(13,14-7-3)15-8-4/h9,11H,5-8,10H2,1-4H3. The molecule has 0 N–H and O–H groups in total. The molecule has 5 nitrogen and oxygen atoms in total. The number of nitrogens with zero attached hydrogens (tertiary/aromatic N) is 1. The molecule has 0 unspecified atom stereocenters. The Kier molecular flexibility index (Phi) is 9.46. The molecule has 0 rings (SSSR count). The lowest BCUT2D eigenvalue weighted by Crippen LogP contribution is -2.22. The van der Waals surface area contributed by atoms with Crippen LogP contribution in [-0.4, -0.2) is 37.7 Å². The van der Waals surface area contributed by atoms with Crippen LogP contribution in [0.25, 0.3) is 0 Å². The van der Waals surface area contributed by atoms with Crippen molar-refractivity contribution in [1.82, 2.24) is 4.90 Å². The van der Waals surface area contributed by atoms with Gasteiger partial charge in [-0.1, -0.05) is 13.8 Å². The number of phosphoric acid groups is 1. The smallest absolute Gasteiger partial charge is 0.412 e. The van der Waals surface area contributed by atoms with E-state index in [0.29, 0.717) is 13.2 Å². The highest BCUT2D eigenvalue weighted by Crippen LogP contribution is 2.49. The molecule has 0 aromatic heterocycles. The molecule has 0 fully saturated rings. The Bertz CT molecular complexity index is 244. The van der Waals surface area contributed by atoms with E-state index in [9.17, 15) is 4.57 Å². The second-order valence-electron chi connectivity index (χ2n) is 3.25. The summed E-state index contributed by atoms with van der Waals surface area (Å²) < 4.78 is 26.9. The second-order valence-corrected chi connectivity index (χ2v) is 4.87. The quantitative estimate of drug-likeness (QED) is 0.449. The van der Waals surface area contributed by atoms with Crippen molar-refractivity contribution in [1.29, 1.82) is 0 Å². The van der Waals surface area contributed by atoms with Crippen molar-refractivity contribution < 1.29 is 18.1 Å². The molecule has 0 saturated carbocycles. The molecule has 17 heavy (non-hydrogen) atoms. The van der Waals surface area contributed by atoms with Crippen molar-refractivity contribution in [2.75, 3.05) is 32.8 Å². The van der Waals surface area contributed by atoms with Crippen LogP contribution in [0.1, 0.15) is 27.7 Å². The van der Waals surface area contributed by atoms with E-state index in [4.69, 9.17) is 13.6 Å². The summed E-state index contributed by atoms with van der Waals surface area (Å²) in [6.07, 6.45) is 3.20. The van der Waals surface area contributed by atoms with Gasteiger partial charge in [-0.25, -0.2) is 4.57 Å². The fraction of sp³-hybridized carbons (Fsp3) is 0.818. The number of phosphoric ester groups is 1. The summed E-state index contributed by atoms with van der Waals surface area (Å²) in [4.78, 5) is 2.20. The van der Waals surface area contributed by atoms with Crippen LogP contribution in [0.2, 0.25) is 0 Å². The van der Waals surface area contributed by atoms with Crippen LogP contribution in [-0.2, 0) is 18.1 Å². The van der Waals surface area contributed by atoms with Crippen molar-refractivity contribution in [3.05, 3.63) is 12.3 Å². The molecule has 0 amide bonds. The van der Waals surface area contributed by atoms with Gasteiger partial charge in [0.25, 0.3) is 0 Å². The molecule has 0 heterocycles. The first kappa shape index (κ1) is 16.6. The summed E-state index contributed by atoms with van der Waals surface area (Å²) in [5, 5.41) is 0. The average molecular weight is 265 g/mol. The molecule has 0 aliphatic rings. The van der Waals surface area contributed by atoms with Crippen LogP contribution in [0.4, 0.5) is 0 Å². The molecule has 0 saturated heterocycles. The number of hydrogen-bond donors (Lipinski definition) is 0. The van der Waals surface area contributed by atoms with Crippen LogP contribution < -0.4 is 0 Å². The molecular formula is C11H24NO4P. The van der Waals surface area contributed by atoms with Gasteiger partial charge in [-0.05, 0) is 33.0 Å². The summed E-state index contributed by atoms with van der Waals surface area (Å²) in [6, 6.07) is 0. The van der Waals surface area contributed by atoms with Gasteiger partial charge in [0.1, 0.15) is 0 Å². The molecule has 0 aromatic carbocycles. The predicted octanol–water partition coefficient (Wildman–Crippen LogP) is 3.04. The minimum absolute atomic E-state index is 0.293. The fourth-order valence-electron chi connectivity index (χ4n) is 1.21. The molecule has 6 heteroatoms. The molecular weight excluding hydrogens is 241 g/mol. The van der Waals surface area contributed by atoms with Gasteiger partial charge in [0.2, 0.25) is 0 Å². The fourth-order valence-corrected chi connectivity index (χ4v) is 2.27. The van der Waals surface area contributed by atoms with E-state index in [1.807, 2.05) is 0 Å². The largest absolute Gasteiger partial charge is 0.529 e. The van der Waals surface area contributed by atoms with Crippen molar-refractivity contribution in [2.45, 2.75) is 27.7 Å². The van der Waals surface area contributed by atoms with E-state index in [2.05, 4.69) is 18.7 Å². The molecule has 0 radical (unpaired) electrons. The third-order valence-corrected chi connectivity index (χ3v) is 3.65.